The second kappa shape index (κ2) is 7.79. The second-order valence-corrected chi connectivity index (χ2v) is 15.7. The van der Waals surface area contributed by atoms with Gasteiger partial charge in [-0.2, -0.15) is 0 Å². The van der Waals surface area contributed by atoms with E-state index in [1.807, 2.05) is 60.7 Å². The van der Waals surface area contributed by atoms with Gasteiger partial charge in [-0.1, -0.05) is 0 Å². The molecule has 0 aliphatic carbocycles. The van der Waals surface area contributed by atoms with Crippen LogP contribution in [0.5, 0.6) is 0 Å². The summed E-state index contributed by atoms with van der Waals surface area (Å²) in [6.07, 6.45) is 0. The fraction of sp³-hybridized carbons (Fsp3) is 0.0417. The van der Waals surface area contributed by atoms with Crippen LogP contribution in [0.3, 0.4) is 0 Å². The summed E-state index contributed by atoms with van der Waals surface area (Å²) in [6.45, 7) is 2.11. The summed E-state index contributed by atoms with van der Waals surface area (Å²) >= 11 is 15.7. The van der Waals surface area contributed by atoms with Crippen molar-refractivity contribution < 1.29 is 0 Å². The quantitative estimate of drug-likeness (QED) is 0.325. The first-order valence-electron chi connectivity index (χ1n) is 9.87. The SMILES string of the molecule is CP(Cl)(c1ccccc1)(c1ccccc1)c1ccccc1-c1nc2scnn2c(=O)c1Cl. The maximum atomic E-state index is 12.9. The van der Waals surface area contributed by atoms with Gasteiger partial charge < -0.3 is 0 Å². The number of nitrogens with zero attached hydrogens (tertiary/aromatic N) is 3. The van der Waals surface area contributed by atoms with E-state index < -0.39 is 11.5 Å². The first kappa shape index (κ1) is 21.3. The molecule has 0 amide bonds. The number of hydrogen-bond donors (Lipinski definition) is 0. The van der Waals surface area contributed by atoms with Gasteiger partial charge in [0.05, 0.1) is 0 Å². The summed E-state index contributed by atoms with van der Waals surface area (Å²) in [5.74, 6) is -3.46. The van der Waals surface area contributed by atoms with E-state index in [1.54, 1.807) is 5.51 Å². The molecular formula is C24H18Cl2N3OPS. The summed E-state index contributed by atoms with van der Waals surface area (Å²) in [4.78, 5) is 18.1. The number of aromatic nitrogens is 3. The third kappa shape index (κ3) is 3.12. The van der Waals surface area contributed by atoms with Crippen molar-refractivity contribution in [1.82, 2.24) is 14.6 Å². The number of benzene rings is 3. The Kier molecular flexibility index (Phi) is 5.18. The van der Waals surface area contributed by atoms with Crippen molar-refractivity contribution in [3.8, 4) is 11.3 Å². The van der Waals surface area contributed by atoms with E-state index in [1.165, 1.54) is 15.9 Å². The molecule has 0 aliphatic rings. The Labute approximate surface area is 198 Å². The molecule has 32 heavy (non-hydrogen) atoms. The Morgan fingerprint density at radius 3 is 2.06 bits per heavy atom. The Hall–Kier alpha value is -2.56. The van der Waals surface area contributed by atoms with Crippen LogP contribution in [-0.4, -0.2) is 21.3 Å². The van der Waals surface area contributed by atoms with Crippen molar-refractivity contribution >= 4 is 61.0 Å². The van der Waals surface area contributed by atoms with Gasteiger partial charge in [-0.25, -0.2) is 0 Å². The van der Waals surface area contributed by atoms with Crippen LogP contribution >= 0.6 is 40.1 Å². The molecule has 4 nitrogen and oxygen atoms in total. The second-order valence-electron chi connectivity index (χ2n) is 7.63. The van der Waals surface area contributed by atoms with Crippen LogP contribution in [0.25, 0.3) is 16.2 Å². The fourth-order valence-corrected chi connectivity index (χ4v) is 9.84. The summed E-state index contributed by atoms with van der Waals surface area (Å²) < 4.78 is 1.22. The normalized spacial score (nSPS) is 13.0. The predicted molar refractivity (Wildman–Crippen MR) is 138 cm³/mol. The molecule has 0 radical (unpaired) electrons. The number of halogens is 2. The molecular weight excluding hydrogens is 480 g/mol. The van der Waals surface area contributed by atoms with Gasteiger partial charge in [0.1, 0.15) is 0 Å². The van der Waals surface area contributed by atoms with Gasteiger partial charge >= 0.3 is 199 Å². The van der Waals surface area contributed by atoms with Crippen LogP contribution < -0.4 is 21.5 Å². The van der Waals surface area contributed by atoms with Gasteiger partial charge in [0.25, 0.3) is 0 Å². The molecule has 0 spiro atoms. The molecule has 8 heteroatoms. The van der Waals surface area contributed by atoms with Crippen molar-refractivity contribution in [2.24, 2.45) is 0 Å². The molecule has 160 valence electrons. The van der Waals surface area contributed by atoms with E-state index in [-0.39, 0.29) is 5.02 Å². The van der Waals surface area contributed by atoms with Crippen molar-refractivity contribution in [2.75, 3.05) is 6.66 Å². The number of fused-ring (bicyclic) bond motifs is 1. The fourth-order valence-electron chi connectivity index (χ4n) is 4.08. The van der Waals surface area contributed by atoms with Crippen LogP contribution in [0.15, 0.2) is 95.2 Å². The van der Waals surface area contributed by atoms with E-state index >= 15 is 0 Å². The minimum absolute atomic E-state index is 0.0251. The average Bonchev–Trinajstić information content (AvgIpc) is 3.32. The van der Waals surface area contributed by atoms with E-state index in [9.17, 15) is 4.79 Å². The molecule has 0 saturated carbocycles. The molecule has 3 aromatic carbocycles. The Balaban J connectivity index is 1.90. The Morgan fingerprint density at radius 2 is 1.44 bits per heavy atom. The molecule has 5 aromatic rings. The summed E-state index contributed by atoms with van der Waals surface area (Å²) in [7, 11) is 0. The van der Waals surface area contributed by atoms with Crippen LogP contribution in [0, 0.1) is 0 Å². The van der Waals surface area contributed by atoms with Gasteiger partial charge in [-0.3, -0.25) is 0 Å². The van der Waals surface area contributed by atoms with Crippen molar-refractivity contribution in [3.05, 3.63) is 106 Å². The molecule has 0 fully saturated rings. The first-order valence-corrected chi connectivity index (χ1v) is 14.7. The molecule has 2 aromatic heterocycles. The molecule has 0 saturated heterocycles. The zero-order chi connectivity index (χ0) is 22.4. The van der Waals surface area contributed by atoms with Crippen molar-refractivity contribution in [1.29, 1.82) is 0 Å². The average molecular weight is 498 g/mol. The molecule has 5 rings (SSSR count). The van der Waals surface area contributed by atoms with Gasteiger partial charge in [0.15, 0.2) is 0 Å². The van der Waals surface area contributed by atoms with Crippen molar-refractivity contribution in [3.63, 3.8) is 0 Å². The van der Waals surface area contributed by atoms with E-state index in [0.29, 0.717) is 10.7 Å². The standard InChI is InChI=1S/C24H18Cl2N3OPS/c1-31(26,17-10-4-2-5-11-17,18-12-6-3-7-13-18)20-15-9-8-14-19(20)22-21(25)23(30)29-24(28-22)32-16-27-29/h2-16H,1H3. The van der Waals surface area contributed by atoms with Crippen LogP contribution in [0.2, 0.25) is 5.02 Å². The van der Waals surface area contributed by atoms with Crippen molar-refractivity contribution in [2.45, 2.75) is 0 Å². The molecule has 0 N–H and O–H groups in total. The van der Waals surface area contributed by atoms with Gasteiger partial charge in [0, 0.05) is 0 Å². The number of hydrogen-bond acceptors (Lipinski definition) is 4. The van der Waals surface area contributed by atoms with Crippen LogP contribution in [0.1, 0.15) is 0 Å². The molecule has 0 bridgehead atoms. The monoisotopic (exact) mass is 497 g/mol. The third-order valence-corrected chi connectivity index (χ3v) is 13.1. The van der Waals surface area contributed by atoms with Gasteiger partial charge in [-0.15, -0.1) is 0 Å². The van der Waals surface area contributed by atoms with Crippen LogP contribution in [0.4, 0.5) is 0 Å². The topological polar surface area (TPSA) is 47.3 Å². The van der Waals surface area contributed by atoms with Crippen LogP contribution in [-0.2, 0) is 0 Å². The molecule has 2 heterocycles. The predicted octanol–water partition coefficient (Wildman–Crippen LogP) is 5.08. The molecule has 0 unspecified atom stereocenters. The molecule has 0 atom stereocenters. The van der Waals surface area contributed by atoms with E-state index in [4.69, 9.17) is 27.8 Å². The maximum absolute atomic E-state index is 12.9. The van der Waals surface area contributed by atoms with E-state index in [2.05, 4.69) is 36.0 Å². The number of rotatable bonds is 4. The minimum atomic E-state index is -3.46. The zero-order valence-electron chi connectivity index (χ0n) is 17.0. The van der Waals surface area contributed by atoms with Gasteiger partial charge in [0.2, 0.25) is 0 Å². The van der Waals surface area contributed by atoms with Gasteiger partial charge in [-0.05, 0) is 0 Å². The summed E-state index contributed by atoms with van der Waals surface area (Å²) in [5, 5.41) is 7.02. The van der Waals surface area contributed by atoms with E-state index in [0.717, 1.165) is 21.5 Å². The first-order chi connectivity index (χ1) is 15.4. The molecule has 0 aliphatic heterocycles. The third-order valence-electron chi connectivity index (χ3n) is 5.77. The Bertz CT molecular complexity index is 1460. The summed E-state index contributed by atoms with van der Waals surface area (Å²) in [6, 6.07) is 28.0. The summed E-state index contributed by atoms with van der Waals surface area (Å²) in [5.41, 5.74) is 2.34. The Morgan fingerprint density at radius 1 is 0.875 bits per heavy atom. The zero-order valence-corrected chi connectivity index (χ0v) is 20.2.